The lowest BCUT2D eigenvalue weighted by molar-refractivity contribution is -0.384. The van der Waals surface area contributed by atoms with Gasteiger partial charge in [-0.3, -0.25) is 15.4 Å². The normalized spacial score (nSPS) is 10.5. The fraction of sp³-hybridized carbons (Fsp3) is 0.0455. The summed E-state index contributed by atoms with van der Waals surface area (Å²) < 4.78 is 5.81. The van der Waals surface area contributed by atoms with Crippen LogP contribution in [0.3, 0.4) is 0 Å². The Morgan fingerprint density at radius 1 is 1.00 bits per heavy atom. The van der Waals surface area contributed by atoms with Gasteiger partial charge in [0, 0.05) is 23.9 Å². The Morgan fingerprint density at radius 3 is 2.44 bits per heavy atom. The van der Waals surface area contributed by atoms with E-state index in [9.17, 15) is 19.7 Å². The maximum atomic E-state index is 12.3. The number of carbonyl (C=O) groups is 2. The zero-order valence-corrected chi connectivity index (χ0v) is 17.7. The first kappa shape index (κ1) is 22.1. The van der Waals surface area contributed by atoms with Gasteiger partial charge >= 0.3 is 12.1 Å². The minimum absolute atomic E-state index is 0.105. The Kier molecular flexibility index (Phi) is 5.95. The number of non-ortho nitro benzene ring substituents is 1. The van der Waals surface area contributed by atoms with Crippen LogP contribution in [-0.2, 0) is 0 Å². The quantitative estimate of drug-likeness (QED) is 0.191. The number of amides is 3. The summed E-state index contributed by atoms with van der Waals surface area (Å²) in [6.07, 6.45) is -1.22. The van der Waals surface area contributed by atoms with Gasteiger partial charge < -0.3 is 25.5 Å². The van der Waals surface area contributed by atoms with Crippen molar-refractivity contribution in [1.82, 2.24) is 9.97 Å². The van der Waals surface area contributed by atoms with Crippen LogP contribution in [0.1, 0.15) is 5.56 Å². The van der Waals surface area contributed by atoms with E-state index in [-0.39, 0.29) is 11.6 Å². The van der Waals surface area contributed by atoms with Crippen LogP contribution in [0.4, 0.5) is 32.6 Å². The van der Waals surface area contributed by atoms with Gasteiger partial charge in [-0.15, -0.1) is 0 Å². The van der Waals surface area contributed by atoms with Crippen molar-refractivity contribution in [2.24, 2.45) is 0 Å². The summed E-state index contributed by atoms with van der Waals surface area (Å²) >= 11 is 0. The topological polar surface area (TPSA) is 172 Å². The second-order valence-electron chi connectivity index (χ2n) is 7.16. The van der Waals surface area contributed by atoms with Gasteiger partial charge in [-0.2, -0.15) is 0 Å². The Morgan fingerprint density at radius 2 is 1.74 bits per heavy atom. The molecule has 0 radical (unpaired) electrons. The molecule has 4 aromatic rings. The predicted octanol–water partition coefficient (Wildman–Crippen LogP) is 5.31. The number of nitro groups is 1. The highest BCUT2D eigenvalue weighted by molar-refractivity contribution is 6.00. The van der Waals surface area contributed by atoms with E-state index in [1.165, 1.54) is 12.1 Å². The van der Waals surface area contributed by atoms with Crippen molar-refractivity contribution >= 4 is 46.2 Å². The highest BCUT2D eigenvalue weighted by Crippen LogP contribution is 2.27. The van der Waals surface area contributed by atoms with Crippen molar-refractivity contribution < 1.29 is 24.4 Å². The maximum Gasteiger partial charge on any atom is 0.411 e. The lowest BCUT2D eigenvalue weighted by atomic mass is 10.2. The molecule has 0 spiro atoms. The summed E-state index contributed by atoms with van der Waals surface area (Å²) in [4.78, 5) is 40.4. The molecule has 0 atom stereocenters. The molecule has 3 aromatic carbocycles. The number of carbonyl (C=O) groups excluding carboxylic acids is 1. The Balaban J connectivity index is 1.39. The molecule has 0 bridgehead atoms. The molecular formula is C22H18N6O6. The van der Waals surface area contributed by atoms with Crippen molar-refractivity contribution in [3.05, 3.63) is 76.3 Å². The molecule has 5 N–H and O–H groups in total. The van der Waals surface area contributed by atoms with Crippen LogP contribution in [0, 0.1) is 17.0 Å². The molecule has 1 aromatic heterocycles. The number of benzene rings is 3. The number of anilines is 3. The molecule has 12 nitrogen and oxygen atoms in total. The number of rotatable bonds is 6. The number of hydrogen-bond donors (Lipinski definition) is 5. The van der Waals surface area contributed by atoms with Crippen molar-refractivity contribution in [1.29, 1.82) is 0 Å². The summed E-state index contributed by atoms with van der Waals surface area (Å²) in [6, 6.07) is 15.3. The minimum Gasteiger partial charge on any atom is -0.465 e. The summed E-state index contributed by atoms with van der Waals surface area (Å²) in [7, 11) is 0. The molecule has 0 aliphatic heterocycles. The molecule has 34 heavy (non-hydrogen) atoms. The van der Waals surface area contributed by atoms with Gasteiger partial charge in [-0.25, -0.2) is 14.6 Å². The zero-order valence-electron chi connectivity index (χ0n) is 17.7. The third-order valence-electron chi connectivity index (χ3n) is 4.71. The molecular weight excluding hydrogens is 444 g/mol. The van der Waals surface area contributed by atoms with Crippen molar-refractivity contribution in [3.63, 3.8) is 0 Å². The van der Waals surface area contributed by atoms with E-state index in [0.717, 1.165) is 0 Å². The first-order chi connectivity index (χ1) is 16.3. The lowest BCUT2D eigenvalue weighted by Gasteiger charge is -2.11. The minimum atomic E-state index is -1.22. The average molecular weight is 462 g/mol. The second kappa shape index (κ2) is 9.16. The zero-order chi connectivity index (χ0) is 24.2. The van der Waals surface area contributed by atoms with Crippen LogP contribution in [0.15, 0.2) is 60.7 Å². The first-order valence-electron chi connectivity index (χ1n) is 9.87. The van der Waals surface area contributed by atoms with Gasteiger partial charge in [0.05, 0.1) is 21.6 Å². The highest BCUT2D eigenvalue weighted by Gasteiger charge is 2.12. The van der Waals surface area contributed by atoms with E-state index in [2.05, 4.69) is 25.9 Å². The molecule has 0 unspecified atom stereocenters. The number of nitro benzene ring substituents is 1. The standard InChI is InChI=1S/C22H18N6O6/c1-12-2-5-14(28(32)33)10-18(12)26-21(29)23-13-3-6-15(7-4-13)34-16-8-9-17-19(11-16)25-20(24-17)27-22(30)31/h2-11H,1H3,(H,30,31)(H2,23,26,29)(H2,24,25,27). The summed E-state index contributed by atoms with van der Waals surface area (Å²) in [5.41, 5.74) is 2.55. The number of aromatic amines is 1. The highest BCUT2D eigenvalue weighted by atomic mass is 16.6. The van der Waals surface area contributed by atoms with Crippen LogP contribution in [-0.4, -0.2) is 32.1 Å². The molecule has 0 aliphatic carbocycles. The Bertz CT molecular complexity index is 1400. The number of urea groups is 1. The molecule has 4 rings (SSSR count). The second-order valence-corrected chi connectivity index (χ2v) is 7.16. The number of aryl methyl sites for hydroxylation is 1. The molecule has 0 saturated carbocycles. The van der Waals surface area contributed by atoms with Crippen LogP contribution in [0.25, 0.3) is 11.0 Å². The largest absolute Gasteiger partial charge is 0.465 e. The summed E-state index contributed by atoms with van der Waals surface area (Å²) in [5, 5.41) is 27.1. The molecule has 0 fully saturated rings. The first-order valence-corrected chi connectivity index (χ1v) is 9.87. The van der Waals surface area contributed by atoms with Crippen molar-refractivity contribution in [3.8, 4) is 11.5 Å². The van der Waals surface area contributed by atoms with E-state index in [0.29, 0.717) is 39.5 Å². The molecule has 3 amide bonds. The summed E-state index contributed by atoms with van der Waals surface area (Å²) in [6.45, 7) is 1.73. The van der Waals surface area contributed by atoms with Crippen LogP contribution >= 0.6 is 0 Å². The van der Waals surface area contributed by atoms with Gasteiger partial charge in [-0.05, 0) is 48.9 Å². The van der Waals surface area contributed by atoms with Gasteiger partial charge in [0.15, 0.2) is 0 Å². The smallest absolute Gasteiger partial charge is 0.411 e. The number of fused-ring (bicyclic) bond motifs is 1. The number of imidazole rings is 1. The lowest BCUT2D eigenvalue weighted by Crippen LogP contribution is -2.20. The number of carboxylic acid groups (broad SMARTS) is 1. The number of nitrogens with zero attached hydrogens (tertiary/aromatic N) is 2. The molecule has 0 aliphatic rings. The number of nitrogens with one attached hydrogen (secondary N) is 4. The van der Waals surface area contributed by atoms with Crippen molar-refractivity contribution in [2.45, 2.75) is 6.92 Å². The summed E-state index contributed by atoms with van der Waals surface area (Å²) in [5.74, 6) is 1.11. The monoisotopic (exact) mass is 462 g/mol. The third-order valence-corrected chi connectivity index (χ3v) is 4.71. The Labute approximate surface area is 191 Å². The van der Waals surface area contributed by atoms with Crippen LogP contribution in [0.2, 0.25) is 0 Å². The Hall–Kier alpha value is -5.13. The fourth-order valence-electron chi connectivity index (χ4n) is 3.10. The van der Waals surface area contributed by atoms with Gasteiger partial charge in [0.25, 0.3) is 5.69 Å². The number of ether oxygens (including phenoxy) is 1. The molecule has 0 saturated heterocycles. The number of aromatic nitrogens is 2. The molecule has 1 heterocycles. The van der Waals surface area contributed by atoms with E-state index >= 15 is 0 Å². The van der Waals surface area contributed by atoms with Crippen LogP contribution in [0.5, 0.6) is 11.5 Å². The third kappa shape index (κ3) is 5.19. The van der Waals surface area contributed by atoms with Gasteiger partial charge in [0.1, 0.15) is 11.5 Å². The van der Waals surface area contributed by atoms with Gasteiger partial charge in [-0.1, -0.05) is 6.07 Å². The molecule has 12 heteroatoms. The van der Waals surface area contributed by atoms with E-state index in [4.69, 9.17) is 9.84 Å². The van der Waals surface area contributed by atoms with E-state index < -0.39 is 17.0 Å². The SMILES string of the molecule is Cc1ccc([N+](=O)[O-])cc1NC(=O)Nc1ccc(Oc2ccc3nc(NC(=O)O)[nH]c3c2)cc1. The van der Waals surface area contributed by atoms with E-state index in [1.54, 1.807) is 55.5 Å². The number of hydrogen-bond acceptors (Lipinski definition) is 6. The van der Waals surface area contributed by atoms with Crippen LogP contribution < -0.4 is 20.7 Å². The average Bonchev–Trinajstić information content (AvgIpc) is 3.17. The van der Waals surface area contributed by atoms with Crippen molar-refractivity contribution in [2.75, 3.05) is 16.0 Å². The predicted molar refractivity (Wildman–Crippen MR) is 125 cm³/mol. The molecule has 172 valence electrons. The maximum absolute atomic E-state index is 12.3. The fourth-order valence-corrected chi connectivity index (χ4v) is 3.10. The van der Waals surface area contributed by atoms with E-state index in [1.807, 2.05) is 0 Å². The van der Waals surface area contributed by atoms with Gasteiger partial charge in [0.2, 0.25) is 5.95 Å². The number of H-pyrrole nitrogens is 1.